The van der Waals surface area contributed by atoms with Crippen molar-refractivity contribution in [1.82, 2.24) is 20.0 Å². The number of hydrogen-bond acceptors (Lipinski definition) is 7. The predicted molar refractivity (Wildman–Crippen MR) is 141 cm³/mol. The first-order valence-electron chi connectivity index (χ1n) is 12.0. The molecule has 4 rings (SSSR count). The topological polar surface area (TPSA) is 133 Å². The molecule has 36 heavy (non-hydrogen) atoms. The van der Waals surface area contributed by atoms with Crippen molar-refractivity contribution >= 4 is 20.9 Å². The second kappa shape index (κ2) is 9.93. The fourth-order valence-electron chi connectivity index (χ4n) is 4.89. The molecule has 0 radical (unpaired) electrons. The van der Waals surface area contributed by atoms with E-state index in [1.807, 2.05) is 12.1 Å². The summed E-state index contributed by atoms with van der Waals surface area (Å²) in [5.41, 5.74) is 3.06. The molecule has 0 saturated carbocycles. The van der Waals surface area contributed by atoms with Crippen LogP contribution in [0.4, 0.5) is 0 Å². The van der Waals surface area contributed by atoms with E-state index in [-0.39, 0.29) is 23.5 Å². The van der Waals surface area contributed by atoms with Gasteiger partial charge in [0, 0.05) is 34.0 Å². The molecular formula is C26H34N4O5S. The van der Waals surface area contributed by atoms with Gasteiger partial charge in [0.1, 0.15) is 5.75 Å². The first-order chi connectivity index (χ1) is 16.9. The Morgan fingerprint density at radius 1 is 1.25 bits per heavy atom. The molecule has 0 spiro atoms. The first kappa shape index (κ1) is 26.3. The largest absolute Gasteiger partial charge is 0.496 e. The molecule has 0 amide bonds. The number of aliphatic hydroxyl groups is 1. The van der Waals surface area contributed by atoms with Crippen molar-refractivity contribution < 1.29 is 18.3 Å². The van der Waals surface area contributed by atoms with Crippen molar-refractivity contribution in [2.24, 2.45) is 5.92 Å². The predicted octanol–water partition coefficient (Wildman–Crippen LogP) is 2.59. The van der Waals surface area contributed by atoms with Crippen LogP contribution in [-0.2, 0) is 22.0 Å². The number of aliphatic hydroxyl groups excluding tert-OH is 1. The van der Waals surface area contributed by atoms with Crippen LogP contribution in [0.2, 0.25) is 0 Å². The lowest BCUT2D eigenvalue weighted by Gasteiger charge is -2.27. The third-order valence-corrected chi connectivity index (χ3v) is 7.34. The number of nitrogens with one attached hydrogen (secondary N) is 3. The minimum atomic E-state index is -3.48. The fraction of sp³-hybridized carbons (Fsp3) is 0.462. The van der Waals surface area contributed by atoms with Crippen molar-refractivity contribution in [2.75, 3.05) is 26.5 Å². The van der Waals surface area contributed by atoms with Crippen molar-refractivity contribution in [3.05, 3.63) is 57.6 Å². The summed E-state index contributed by atoms with van der Waals surface area (Å²) in [6.45, 7) is 7.45. The zero-order chi connectivity index (χ0) is 26.3. The number of hydrogen-bond donors (Lipinski definition) is 4. The number of methoxy groups -OCH3 is 1. The zero-order valence-electron chi connectivity index (χ0n) is 21.3. The number of ether oxygens (including phenoxy) is 1. The highest BCUT2D eigenvalue weighted by atomic mass is 32.2. The van der Waals surface area contributed by atoms with Crippen molar-refractivity contribution in [3.8, 4) is 16.9 Å². The van der Waals surface area contributed by atoms with E-state index >= 15 is 0 Å². The van der Waals surface area contributed by atoms with E-state index in [9.17, 15) is 18.3 Å². The zero-order valence-corrected chi connectivity index (χ0v) is 22.1. The molecule has 194 valence electrons. The van der Waals surface area contributed by atoms with Gasteiger partial charge < -0.3 is 20.1 Å². The summed E-state index contributed by atoms with van der Waals surface area (Å²) in [6.07, 6.45) is 3.68. The molecule has 10 heteroatoms. The van der Waals surface area contributed by atoms with Gasteiger partial charge in [-0.1, -0.05) is 20.8 Å². The molecule has 3 aromatic rings. The average Bonchev–Trinajstić information content (AvgIpc) is 3.34. The van der Waals surface area contributed by atoms with Crippen LogP contribution >= 0.6 is 0 Å². The van der Waals surface area contributed by atoms with Crippen LogP contribution in [0.1, 0.15) is 50.1 Å². The van der Waals surface area contributed by atoms with E-state index in [0.717, 1.165) is 30.3 Å². The lowest BCUT2D eigenvalue weighted by Crippen LogP contribution is -2.33. The summed E-state index contributed by atoms with van der Waals surface area (Å²) in [6, 6.07) is 6.77. The maximum Gasteiger partial charge on any atom is 0.256 e. The number of rotatable bonds is 7. The van der Waals surface area contributed by atoms with Crippen molar-refractivity contribution in [2.45, 2.75) is 45.3 Å². The summed E-state index contributed by atoms with van der Waals surface area (Å²) in [5, 5.41) is 13.4. The second-order valence-electron chi connectivity index (χ2n) is 10.4. The van der Waals surface area contributed by atoms with Crippen LogP contribution in [0.15, 0.2) is 35.3 Å². The van der Waals surface area contributed by atoms with E-state index in [1.54, 1.807) is 25.4 Å². The molecule has 1 aliphatic rings. The molecule has 3 heterocycles. The van der Waals surface area contributed by atoms with Crippen LogP contribution in [0.5, 0.6) is 5.75 Å². The van der Waals surface area contributed by atoms with Gasteiger partial charge in [-0.25, -0.2) is 13.1 Å². The Morgan fingerprint density at radius 3 is 2.56 bits per heavy atom. The monoisotopic (exact) mass is 514 g/mol. The minimum Gasteiger partial charge on any atom is -0.496 e. The van der Waals surface area contributed by atoms with Crippen molar-refractivity contribution in [3.63, 3.8) is 0 Å². The van der Waals surface area contributed by atoms with Gasteiger partial charge in [-0.2, -0.15) is 0 Å². The number of benzene rings is 1. The molecular weight excluding hydrogens is 480 g/mol. The highest BCUT2D eigenvalue weighted by Gasteiger charge is 2.31. The number of pyridine rings is 2. The Morgan fingerprint density at radius 2 is 2.00 bits per heavy atom. The number of H-pyrrole nitrogens is 1. The Hall–Kier alpha value is -2.79. The van der Waals surface area contributed by atoms with E-state index < -0.39 is 16.1 Å². The Kier molecular flexibility index (Phi) is 7.25. The number of fused-ring (bicyclic) bond motifs is 1. The van der Waals surface area contributed by atoms with Gasteiger partial charge in [0.05, 0.1) is 31.5 Å². The van der Waals surface area contributed by atoms with Crippen LogP contribution < -0.4 is 20.3 Å². The number of sulfonamides is 1. The first-order valence-corrected chi connectivity index (χ1v) is 13.8. The molecule has 9 nitrogen and oxygen atoms in total. The molecule has 2 aromatic heterocycles. The smallest absolute Gasteiger partial charge is 0.256 e. The third kappa shape index (κ3) is 5.31. The maximum absolute atomic E-state index is 13.0. The van der Waals surface area contributed by atoms with Gasteiger partial charge in [-0.15, -0.1) is 0 Å². The van der Waals surface area contributed by atoms with Crippen molar-refractivity contribution in [1.29, 1.82) is 0 Å². The fourth-order valence-corrected chi connectivity index (χ4v) is 5.68. The summed E-state index contributed by atoms with van der Waals surface area (Å²) in [7, 11) is -1.87. The lowest BCUT2D eigenvalue weighted by molar-refractivity contribution is 0.276. The average molecular weight is 515 g/mol. The van der Waals surface area contributed by atoms with Crippen LogP contribution in [0.25, 0.3) is 22.0 Å². The standard InChI is InChI=1S/C26H34N4O5S/c1-26(2,3)21-11-19(18-7-6-17(14-31)29-25(18)32)23-20(24(21)35-4)10-16(13-28-23)22(30-36(5,33)34)15-8-9-27-12-15/h6-7,10-11,13,15,22,27,30-31H,8-9,12,14H2,1-5H3,(H,29,32)/t15?,22-/m0/s1. The van der Waals surface area contributed by atoms with E-state index in [4.69, 9.17) is 9.72 Å². The molecule has 0 bridgehead atoms. The van der Waals surface area contributed by atoms with E-state index in [0.29, 0.717) is 40.0 Å². The Labute approximate surface area is 211 Å². The summed E-state index contributed by atoms with van der Waals surface area (Å²) in [5.74, 6) is 0.714. The quantitative estimate of drug-likeness (QED) is 0.381. The summed E-state index contributed by atoms with van der Waals surface area (Å²) in [4.78, 5) is 20.4. The molecule has 4 N–H and O–H groups in total. The lowest BCUT2D eigenvalue weighted by atomic mass is 9.82. The Bertz CT molecular complexity index is 1440. The molecule has 2 atom stereocenters. The van der Waals surface area contributed by atoms with Crippen LogP contribution in [0.3, 0.4) is 0 Å². The van der Waals surface area contributed by atoms with E-state index in [1.165, 1.54) is 0 Å². The maximum atomic E-state index is 13.0. The Balaban J connectivity index is 2.01. The number of nitrogens with zero attached hydrogens (tertiary/aromatic N) is 1. The molecule has 1 unspecified atom stereocenters. The summed E-state index contributed by atoms with van der Waals surface area (Å²) >= 11 is 0. The third-order valence-electron chi connectivity index (χ3n) is 6.65. The van der Waals surface area contributed by atoms with Gasteiger partial charge in [0.2, 0.25) is 10.0 Å². The number of aromatic nitrogens is 2. The minimum absolute atomic E-state index is 0.0732. The van der Waals surface area contributed by atoms with Crippen LogP contribution in [-0.4, -0.2) is 49.9 Å². The normalized spacial score (nSPS) is 17.4. The molecule has 0 aliphatic carbocycles. The van der Waals surface area contributed by atoms with Gasteiger partial charge >= 0.3 is 0 Å². The highest BCUT2D eigenvalue weighted by Crippen LogP contribution is 2.42. The molecule has 1 aliphatic heterocycles. The second-order valence-corrected chi connectivity index (χ2v) is 12.2. The van der Waals surface area contributed by atoms with Gasteiger partial charge in [-0.05, 0) is 60.7 Å². The van der Waals surface area contributed by atoms with E-state index in [2.05, 4.69) is 35.8 Å². The number of aromatic amines is 1. The van der Waals surface area contributed by atoms with Gasteiger partial charge in [0.25, 0.3) is 5.56 Å². The highest BCUT2D eigenvalue weighted by molar-refractivity contribution is 7.88. The van der Waals surface area contributed by atoms with Gasteiger partial charge in [-0.3, -0.25) is 9.78 Å². The molecule has 1 aromatic carbocycles. The van der Waals surface area contributed by atoms with Crippen LogP contribution in [0, 0.1) is 5.92 Å². The molecule has 1 fully saturated rings. The molecule has 1 saturated heterocycles. The summed E-state index contributed by atoms with van der Waals surface area (Å²) < 4.78 is 33.2. The van der Waals surface area contributed by atoms with Gasteiger partial charge in [0.15, 0.2) is 0 Å². The SMILES string of the molecule is COc1c(C(C)(C)C)cc(-c2ccc(CO)[nH]c2=O)c2ncc([C@@H](NS(C)(=O)=O)C3CCNC3)cc12.